The molecule has 0 aliphatic carbocycles. The number of thiol groups is 1. The van der Waals surface area contributed by atoms with Gasteiger partial charge in [-0.05, 0) is 31.5 Å². The fraction of sp³-hybridized carbons (Fsp3) is 0.545. The van der Waals surface area contributed by atoms with Crippen molar-refractivity contribution < 1.29 is 28.3 Å². The van der Waals surface area contributed by atoms with Crippen LogP contribution < -0.4 is 15.1 Å². The lowest BCUT2D eigenvalue weighted by Gasteiger charge is -2.37. The van der Waals surface area contributed by atoms with Crippen LogP contribution in [0.3, 0.4) is 0 Å². The quantitative estimate of drug-likeness (QED) is 0.549. The van der Waals surface area contributed by atoms with Crippen LogP contribution in [-0.4, -0.2) is 79.2 Å². The maximum absolute atomic E-state index is 14.9. The van der Waals surface area contributed by atoms with E-state index < -0.39 is 24.1 Å². The van der Waals surface area contributed by atoms with Gasteiger partial charge < -0.3 is 24.6 Å². The van der Waals surface area contributed by atoms with Gasteiger partial charge in [0.2, 0.25) is 11.8 Å². The van der Waals surface area contributed by atoms with Crippen LogP contribution >= 0.6 is 12.6 Å². The van der Waals surface area contributed by atoms with E-state index in [4.69, 9.17) is 4.74 Å². The van der Waals surface area contributed by atoms with Crippen LogP contribution in [0.2, 0.25) is 0 Å². The van der Waals surface area contributed by atoms with E-state index in [-0.39, 0.29) is 29.9 Å². The van der Waals surface area contributed by atoms with Gasteiger partial charge in [-0.1, -0.05) is 0 Å². The normalized spacial score (nSPS) is 19.3. The number of ether oxygens (including phenoxy) is 1. The summed E-state index contributed by atoms with van der Waals surface area (Å²) in [6.45, 7) is 4.75. The summed E-state index contributed by atoms with van der Waals surface area (Å²) in [5, 5.41) is 2.59. The smallest absolute Gasteiger partial charge is 0.414 e. The van der Waals surface area contributed by atoms with Crippen LogP contribution in [-0.2, 0) is 19.1 Å². The van der Waals surface area contributed by atoms with Gasteiger partial charge in [-0.25, -0.2) is 9.18 Å². The lowest BCUT2D eigenvalue weighted by atomic mass is 10.1. The molecular formula is C22H29FN4O5S. The Hall–Kier alpha value is -2.82. The molecule has 2 fully saturated rings. The van der Waals surface area contributed by atoms with Crippen LogP contribution in [0, 0.1) is 5.82 Å². The molecule has 0 spiro atoms. The van der Waals surface area contributed by atoms with Crippen molar-refractivity contribution in [1.29, 1.82) is 0 Å². The van der Waals surface area contributed by atoms with Crippen LogP contribution in [0.15, 0.2) is 18.2 Å². The predicted molar refractivity (Wildman–Crippen MR) is 124 cm³/mol. The maximum atomic E-state index is 14.9. The average Bonchev–Trinajstić information content (AvgIpc) is 3.16. The third-order valence-corrected chi connectivity index (χ3v) is 6.09. The molecule has 0 radical (unpaired) electrons. The lowest BCUT2D eigenvalue weighted by molar-refractivity contribution is -0.135. The first-order valence-corrected chi connectivity index (χ1v) is 11.5. The number of hydrogen-bond acceptors (Lipinski definition) is 7. The Kier molecular flexibility index (Phi) is 8.17. The topological polar surface area (TPSA) is 99.3 Å². The Bertz CT molecular complexity index is 922. The molecule has 3 rings (SSSR count). The van der Waals surface area contributed by atoms with E-state index in [0.717, 1.165) is 0 Å². The Morgan fingerprint density at radius 1 is 1.21 bits per heavy atom. The van der Waals surface area contributed by atoms with Crippen molar-refractivity contribution in [3.05, 3.63) is 24.0 Å². The van der Waals surface area contributed by atoms with E-state index in [1.54, 1.807) is 17.0 Å². The van der Waals surface area contributed by atoms with Gasteiger partial charge in [0.05, 0.1) is 17.9 Å². The maximum Gasteiger partial charge on any atom is 0.414 e. The number of cyclic esters (lactones) is 1. The monoisotopic (exact) mass is 480 g/mol. The number of piperazine rings is 1. The molecule has 180 valence electrons. The minimum atomic E-state index is -0.687. The van der Waals surface area contributed by atoms with Crippen LogP contribution in [0.4, 0.5) is 20.6 Å². The fourth-order valence-electron chi connectivity index (χ4n) is 3.99. The Morgan fingerprint density at radius 2 is 1.91 bits per heavy atom. The van der Waals surface area contributed by atoms with Crippen LogP contribution in [0.25, 0.3) is 0 Å². The van der Waals surface area contributed by atoms with Gasteiger partial charge in [0.1, 0.15) is 23.7 Å². The fourth-order valence-corrected chi connectivity index (χ4v) is 4.23. The number of hydrogen-bond donors (Lipinski definition) is 2. The van der Waals surface area contributed by atoms with Crippen molar-refractivity contribution in [3.63, 3.8) is 0 Å². The molecule has 33 heavy (non-hydrogen) atoms. The molecule has 1 N–H and O–H groups in total. The SMILES string of the molecule is CC(=O)CC[C@H]1CN(c2ccc(N3CCN(C(=O)[C@@H](CS)NC(C)=O)CC3)c(F)c2)C(=O)O1. The van der Waals surface area contributed by atoms with E-state index >= 15 is 0 Å². The second kappa shape index (κ2) is 10.9. The predicted octanol–water partition coefficient (Wildman–Crippen LogP) is 1.60. The zero-order chi connectivity index (χ0) is 24.1. The number of halogens is 1. The highest BCUT2D eigenvalue weighted by Crippen LogP contribution is 2.29. The number of ketones is 1. The molecule has 2 aliphatic heterocycles. The van der Waals surface area contributed by atoms with E-state index in [0.29, 0.717) is 50.4 Å². The molecule has 11 heteroatoms. The molecule has 2 heterocycles. The number of nitrogens with one attached hydrogen (secondary N) is 1. The summed E-state index contributed by atoms with van der Waals surface area (Å²) >= 11 is 4.14. The number of anilines is 2. The van der Waals surface area contributed by atoms with Gasteiger partial charge >= 0.3 is 6.09 Å². The van der Waals surface area contributed by atoms with E-state index in [2.05, 4.69) is 17.9 Å². The highest BCUT2D eigenvalue weighted by atomic mass is 32.1. The van der Waals surface area contributed by atoms with Crippen molar-refractivity contribution in [2.24, 2.45) is 0 Å². The van der Waals surface area contributed by atoms with Crippen LogP contribution in [0.1, 0.15) is 26.7 Å². The number of rotatable bonds is 8. The highest BCUT2D eigenvalue weighted by molar-refractivity contribution is 7.80. The molecule has 0 bridgehead atoms. The largest absolute Gasteiger partial charge is 0.444 e. The number of amides is 3. The number of carbonyl (C=O) groups is 4. The molecule has 1 aromatic rings. The molecule has 1 aromatic carbocycles. The van der Waals surface area contributed by atoms with E-state index in [1.807, 2.05) is 4.90 Å². The molecule has 9 nitrogen and oxygen atoms in total. The third-order valence-electron chi connectivity index (χ3n) is 5.73. The summed E-state index contributed by atoms with van der Waals surface area (Å²) in [6.07, 6.45) is -0.182. The number of nitrogens with zero attached hydrogens (tertiary/aromatic N) is 3. The molecule has 0 unspecified atom stereocenters. The summed E-state index contributed by atoms with van der Waals surface area (Å²) < 4.78 is 20.2. The summed E-state index contributed by atoms with van der Waals surface area (Å²) in [4.78, 5) is 52.1. The standard InChI is InChI=1S/C22H29FN4O5S/c1-14(28)3-5-17-12-27(22(31)32-17)16-4-6-20(18(23)11-16)25-7-9-26(10-8-25)21(30)19(13-33)24-15(2)29/h4,6,11,17,19,33H,3,5,7-10,12-13H2,1-2H3,(H,24,29)/t17-,19+/m0/s1. The Balaban J connectivity index is 1.60. The highest BCUT2D eigenvalue weighted by Gasteiger charge is 2.33. The van der Waals surface area contributed by atoms with Gasteiger partial charge in [-0.2, -0.15) is 12.6 Å². The lowest BCUT2D eigenvalue weighted by Crippen LogP contribution is -2.55. The zero-order valence-corrected chi connectivity index (χ0v) is 19.6. The van der Waals surface area contributed by atoms with Crippen molar-refractivity contribution in [2.75, 3.05) is 48.3 Å². The summed E-state index contributed by atoms with van der Waals surface area (Å²) in [5.41, 5.74) is 0.784. The summed E-state index contributed by atoms with van der Waals surface area (Å²) in [6, 6.07) is 3.90. The van der Waals surface area contributed by atoms with E-state index in [9.17, 15) is 23.6 Å². The van der Waals surface area contributed by atoms with Crippen molar-refractivity contribution >= 4 is 47.7 Å². The number of Topliss-reactive ketones (excluding diaryl/α,β-unsaturated/α-hetero) is 1. The van der Waals surface area contributed by atoms with Gasteiger partial charge in [0, 0.05) is 45.3 Å². The van der Waals surface area contributed by atoms with Gasteiger partial charge in [-0.3, -0.25) is 14.5 Å². The summed E-state index contributed by atoms with van der Waals surface area (Å²) in [5.74, 6) is -0.752. The molecule has 2 atom stereocenters. The Morgan fingerprint density at radius 3 is 2.48 bits per heavy atom. The third kappa shape index (κ3) is 6.16. The van der Waals surface area contributed by atoms with Crippen LogP contribution in [0.5, 0.6) is 0 Å². The first-order chi connectivity index (χ1) is 15.7. The van der Waals surface area contributed by atoms with Gasteiger partial charge in [-0.15, -0.1) is 0 Å². The van der Waals surface area contributed by atoms with Crippen molar-refractivity contribution in [3.8, 4) is 0 Å². The Labute approximate surface area is 197 Å². The minimum absolute atomic E-state index is 0.0259. The molecule has 2 saturated heterocycles. The molecule has 3 amide bonds. The summed E-state index contributed by atoms with van der Waals surface area (Å²) in [7, 11) is 0. The number of carbonyl (C=O) groups excluding carboxylic acids is 4. The van der Waals surface area contributed by atoms with E-state index in [1.165, 1.54) is 24.8 Å². The molecular weight excluding hydrogens is 451 g/mol. The molecule has 0 aromatic heterocycles. The van der Waals surface area contributed by atoms with Gasteiger partial charge in [0.15, 0.2) is 0 Å². The van der Waals surface area contributed by atoms with Crippen molar-refractivity contribution in [2.45, 2.75) is 38.8 Å². The van der Waals surface area contributed by atoms with Gasteiger partial charge in [0.25, 0.3) is 0 Å². The first-order valence-electron chi connectivity index (χ1n) is 10.9. The second-order valence-corrected chi connectivity index (χ2v) is 8.61. The zero-order valence-electron chi connectivity index (χ0n) is 18.8. The minimum Gasteiger partial charge on any atom is -0.444 e. The molecule has 0 saturated carbocycles. The first kappa shape index (κ1) is 24.8. The average molecular weight is 481 g/mol. The second-order valence-electron chi connectivity index (χ2n) is 8.24. The number of benzene rings is 1. The molecule has 2 aliphatic rings. The van der Waals surface area contributed by atoms with Crippen molar-refractivity contribution in [1.82, 2.24) is 10.2 Å².